The molecule has 0 saturated carbocycles. The van der Waals surface area contributed by atoms with Crippen LogP contribution in [0.3, 0.4) is 0 Å². The zero-order valence-corrected chi connectivity index (χ0v) is 11.1. The minimum absolute atomic E-state index is 0.176. The van der Waals surface area contributed by atoms with Crippen molar-refractivity contribution >= 4 is 11.3 Å². The highest BCUT2D eigenvalue weighted by atomic mass is 32.1. The Balaban J connectivity index is 1.96. The van der Waals surface area contributed by atoms with Crippen molar-refractivity contribution in [2.75, 3.05) is 13.6 Å². The normalized spacial score (nSPS) is 10.8. The second-order valence-corrected chi connectivity index (χ2v) is 5.21. The zero-order chi connectivity index (χ0) is 12.8. The van der Waals surface area contributed by atoms with Gasteiger partial charge in [0.25, 0.3) is 0 Å². The molecule has 5 heteroatoms. The lowest BCUT2D eigenvalue weighted by molar-refractivity contribution is 0.613. The number of hydrogen-bond donors (Lipinski definition) is 1. The number of hydrogen-bond acceptors (Lipinski definition) is 4. The Kier molecular flexibility index (Phi) is 4.78. The first kappa shape index (κ1) is 13.1. The van der Waals surface area contributed by atoms with Crippen molar-refractivity contribution < 1.29 is 4.39 Å². The molecule has 0 fully saturated rings. The zero-order valence-electron chi connectivity index (χ0n) is 10.3. The lowest BCUT2D eigenvalue weighted by Crippen LogP contribution is -2.08. The lowest BCUT2D eigenvalue weighted by atomic mass is 10.1. The van der Waals surface area contributed by atoms with Crippen LogP contribution in [0, 0.1) is 5.82 Å². The van der Waals surface area contributed by atoms with Crippen LogP contribution in [0.25, 0.3) is 0 Å². The minimum atomic E-state index is -0.176. The van der Waals surface area contributed by atoms with Crippen LogP contribution in [0.4, 0.5) is 4.39 Å². The Morgan fingerprint density at radius 3 is 2.78 bits per heavy atom. The van der Waals surface area contributed by atoms with Gasteiger partial charge in [0.2, 0.25) is 0 Å². The van der Waals surface area contributed by atoms with E-state index in [2.05, 4.69) is 15.5 Å². The SMILES string of the molecule is CNCCCc1nnc(Cc2ccccc2F)s1. The smallest absolute Gasteiger partial charge is 0.126 e. The molecule has 1 aromatic carbocycles. The van der Waals surface area contributed by atoms with Crippen molar-refractivity contribution in [1.29, 1.82) is 0 Å². The van der Waals surface area contributed by atoms with E-state index in [9.17, 15) is 4.39 Å². The van der Waals surface area contributed by atoms with Crippen LogP contribution >= 0.6 is 11.3 Å². The highest BCUT2D eigenvalue weighted by Gasteiger charge is 2.07. The van der Waals surface area contributed by atoms with Gasteiger partial charge in [-0.05, 0) is 31.6 Å². The predicted molar refractivity (Wildman–Crippen MR) is 71.4 cm³/mol. The summed E-state index contributed by atoms with van der Waals surface area (Å²) in [5.74, 6) is -0.176. The summed E-state index contributed by atoms with van der Waals surface area (Å²) in [5.41, 5.74) is 0.676. The van der Waals surface area contributed by atoms with Gasteiger partial charge in [0.15, 0.2) is 0 Å². The first-order valence-corrected chi connectivity index (χ1v) is 6.80. The number of nitrogens with zero attached hydrogens (tertiary/aromatic N) is 2. The largest absolute Gasteiger partial charge is 0.320 e. The maximum atomic E-state index is 13.5. The molecule has 0 bridgehead atoms. The van der Waals surface area contributed by atoms with Gasteiger partial charge in [0, 0.05) is 12.8 Å². The van der Waals surface area contributed by atoms with Gasteiger partial charge in [0.1, 0.15) is 15.8 Å². The minimum Gasteiger partial charge on any atom is -0.320 e. The second kappa shape index (κ2) is 6.56. The van der Waals surface area contributed by atoms with Crippen LogP contribution in [0.1, 0.15) is 22.0 Å². The summed E-state index contributed by atoms with van der Waals surface area (Å²) in [6.45, 7) is 0.974. The Labute approximate surface area is 110 Å². The summed E-state index contributed by atoms with van der Waals surface area (Å²) in [4.78, 5) is 0. The third-order valence-corrected chi connectivity index (χ3v) is 3.61. The molecule has 0 aliphatic heterocycles. The summed E-state index contributed by atoms with van der Waals surface area (Å²) in [5, 5.41) is 13.2. The number of benzene rings is 1. The van der Waals surface area contributed by atoms with Crippen LogP contribution < -0.4 is 5.32 Å². The molecule has 2 rings (SSSR count). The van der Waals surface area contributed by atoms with Crippen molar-refractivity contribution in [3.63, 3.8) is 0 Å². The first-order valence-electron chi connectivity index (χ1n) is 5.99. The van der Waals surface area contributed by atoms with E-state index in [1.807, 2.05) is 13.1 Å². The number of aryl methyl sites for hydroxylation is 1. The van der Waals surface area contributed by atoms with Gasteiger partial charge < -0.3 is 5.32 Å². The van der Waals surface area contributed by atoms with Crippen molar-refractivity contribution in [2.45, 2.75) is 19.3 Å². The number of rotatable bonds is 6. The molecular weight excluding hydrogens is 249 g/mol. The molecule has 0 radical (unpaired) electrons. The Bertz CT molecular complexity index is 498. The molecule has 18 heavy (non-hydrogen) atoms. The molecule has 1 N–H and O–H groups in total. The Hall–Kier alpha value is -1.33. The summed E-state index contributed by atoms with van der Waals surface area (Å²) in [6.07, 6.45) is 2.50. The molecule has 3 nitrogen and oxygen atoms in total. The van der Waals surface area contributed by atoms with E-state index in [1.54, 1.807) is 23.5 Å². The van der Waals surface area contributed by atoms with Crippen molar-refractivity contribution in [1.82, 2.24) is 15.5 Å². The molecule has 96 valence electrons. The van der Waals surface area contributed by atoms with Crippen LogP contribution in [-0.2, 0) is 12.8 Å². The van der Waals surface area contributed by atoms with Crippen LogP contribution in [0.5, 0.6) is 0 Å². The van der Waals surface area contributed by atoms with E-state index in [-0.39, 0.29) is 5.82 Å². The standard InChI is InChI=1S/C13H16FN3S/c1-15-8-4-7-12-16-17-13(18-12)9-10-5-2-3-6-11(10)14/h2-3,5-6,15H,4,7-9H2,1H3. The molecule has 0 saturated heterocycles. The fourth-order valence-corrected chi connectivity index (χ4v) is 2.59. The van der Waals surface area contributed by atoms with Gasteiger partial charge in [-0.15, -0.1) is 21.5 Å². The average molecular weight is 265 g/mol. The quantitative estimate of drug-likeness (QED) is 0.815. The fourth-order valence-electron chi connectivity index (χ4n) is 1.68. The lowest BCUT2D eigenvalue weighted by Gasteiger charge is -1.98. The topological polar surface area (TPSA) is 37.8 Å². The van der Waals surface area contributed by atoms with Gasteiger partial charge in [-0.25, -0.2) is 4.39 Å². The Morgan fingerprint density at radius 2 is 2.00 bits per heavy atom. The van der Waals surface area contributed by atoms with Gasteiger partial charge in [-0.1, -0.05) is 18.2 Å². The molecule has 0 unspecified atom stereocenters. The number of aromatic nitrogens is 2. The summed E-state index contributed by atoms with van der Waals surface area (Å²) < 4.78 is 13.5. The van der Waals surface area contributed by atoms with E-state index in [0.717, 1.165) is 29.4 Å². The van der Waals surface area contributed by atoms with Crippen molar-refractivity contribution in [3.8, 4) is 0 Å². The van der Waals surface area contributed by atoms with Crippen molar-refractivity contribution in [2.24, 2.45) is 0 Å². The fraction of sp³-hybridized carbons (Fsp3) is 0.385. The van der Waals surface area contributed by atoms with E-state index >= 15 is 0 Å². The third-order valence-electron chi connectivity index (χ3n) is 2.63. The summed E-state index contributed by atoms with van der Waals surface area (Å²) in [6, 6.07) is 6.80. The Morgan fingerprint density at radius 1 is 1.22 bits per heavy atom. The molecule has 2 aromatic rings. The molecule has 0 atom stereocenters. The molecule has 0 aliphatic rings. The van der Waals surface area contributed by atoms with E-state index < -0.39 is 0 Å². The van der Waals surface area contributed by atoms with Crippen LogP contribution in [-0.4, -0.2) is 23.8 Å². The van der Waals surface area contributed by atoms with Crippen LogP contribution in [0.2, 0.25) is 0 Å². The predicted octanol–water partition coefficient (Wildman–Crippen LogP) is 2.42. The molecule has 0 aliphatic carbocycles. The number of nitrogens with one attached hydrogen (secondary N) is 1. The second-order valence-electron chi connectivity index (χ2n) is 4.06. The van der Waals surface area contributed by atoms with Crippen LogP contribution in [0.15, 0.2) is 24.3 Å². The third kappa shape index (κ3) is 3.58. The molecular formula is C13H16FN3S. The molecule has 1 aromatic heterocycles. The molecule has 0 amide bonds. The average Bonchev–Trinajstić information content (AvgIpc) is 2.80. The molecule has 1 heterocycles. The maximum absolute atomic E-state index is 13.5. The van der Waals surface area contributed by atoms with Gasteiger partial charge in [-0.3, -0.25) is 0 Å². The van der Waals surface area contributed by atoms with Gasteiger partial charge in [0.05, 0.1) is 0 Å². The van der Waals surface area contributed by atoms with E-state index in [4.69, 9.17) is 0 Å². The maximum Gasteiger partial charge on any atom is 0.126 e. The summed E-state index contributed by atoms with van der Waals surface area (Å²) >= 11 is 1.57. The monoisotopic (exact) mass is 265 g/mol. The number of halogens is 1. The highest BCUT2D eigenvalue weighted by Crippen LogP contribution is 2.17. The highest BCUT2D eigenvalue weighted by molar-refractivity contribution is 7.11. The molecule has 0 spiro atoms. The van der Waals surface area contributed by atoms with Gasteiger partial charge in [-0.2, -0.15) is 0 Å². The van der Waals surface area contributed by atoms with E-state index in [1.165, 1.54) is 6.07 Å². The van der Waals surface area contributed by atoms with E-state index in [0.29, 0.717) is 12.0 Å². The van der Waals surface area contributed by atoms with Gasteiger partial charge >= 0.3 is 0 Å². The van der Waals surface area contributed by atoms with Crippen molar-refractivity contribution in [3.05, 3.63) is 45.7 Å². The first-order chi connectivity index (χ1) is 8.79. The summed E-state index contributed by atoms with van der Waals surface area (Å²) in [7, 11) is 1.93.